The monoisotopic (exact) mass is 650 g/mol. The highest BCUT2D eigenvalue weighted by atomic mass is 35.5. The van der Waals surface area contributed by atoms with Crippen LogP contribution in [0.25, 0.3) is 16.6 Å². The van der Waals surface area contributed by atoms with Gasteiger partial charge in [-0.3, -0.25) is 9.69 Å². The van der Waals surface area contributed by atoms with Crippen LogP contribution in [0.2, 0.25) is 5.02 Å². The fourth-order valence-electron chi connectivity index (χ4n) is 6.84. The Kier molecular flexibility index (Phi) is 8.13. The Hall–Kier alpha value is -3.96. The largest absolute Gasteiger partial charge is 0.444 e. The second-order valence-corrected chi connectivity index (χ2v) is 14.0. The van der Waals surface area contributed by atoms with Gasteiger partial charge in [-0.2, -0.15) is 0 Å². The van der Waals surface area contributed by atoms with E-state index in [0.717, 1.165) is 27.9 Å². The molecule has 0 saturated carbocycles. The van der Waals surface area contributed by atoms with Gasteiger partial charge >= 0.3 is 6.09 Å². The Balaban J connectivity index is 1.19. The van der Waals surface area contributed by atoms with Crippen molar-refractivity contribution in [3.8, 4) is 5.69 Å². The summed E-state index contributed by atoms with van der Waals surface area (Å²) in [7, 11) is 1.85. The van der Waals surface area contributed by atoms with Crippen molar-refractivity contribution in [1.29, 1.82) is 0 Å². The standard InChI is InChI=1S/C34H40ClFN6O4/c1-20-30(42(34(5,6)45-20)32(44)46-33(2,3)4)25-19-41(38-37-25)26-11-9-8-10-21(26)12-15-28(43)40-17-16-27-23(18-40)22-13-14-24(35)29(36)31(22)39(27)7/h8-11,13-14,19-20,30H,12,15-18H2,1-7H3/t20-,30+/m1/s1. The Labute approximate surface area is 273 Å². The van der Waals surface area contributed by atoms with Crippen LogP contribution in [0.5, 0.6) is 0 Å². The molecule has 2 aliphatic heterocycles. The molecule has 0 bridgehead atoms. The van der Waals surface area contributed by atoms with Crippen molar-refractivity contribution >= 4 is 34.5 Å². The quantitative estimate of drug-likeness (QED) is 0.245. The molecule has 46 heavy (non-hydrogen) atoms. The smallest absolute Gasteiger partial charge is 0.413 e. The maximum absolute atomic E-state index is 14.9. The molecule has 1 fully saturated rings. The van der Waals surface area contributed by atoms with Gasteiger partial charge in [0.05, 0.1) is 28.5 Å². The van der Waals surface area contributed by atoms with Gasteiger partial charge in [0, 0.05) is 49.6 Å². The van der Waals surface area contributed by atoms with E-state index in [1.807, 2.05) is 94.6 Å². The van der Waals surface area contributed by atoms with E-state index in [4.69, 9.17) is 21.1 Å². The maximum atomic E-state index is 14.9. The highest BCUT2D eigenvalue weighted by Crippen LogP contribution is 2.42. The summed E-state index contributed by atoms with van der Waals surface area (Å²) < 4.78 is 30.3. The van der Waals surface area contributed by atoms with E-state index in [1.54, 1.807) is 15.6 Å². The molecular formula is C34H40ClFN6O4. The molecule has 2 aromatic heterocycles. The van der Waals surface area contributed by atoms with Crippen molar-refractivity contribution in [2.75, 3.05) is 6.54 Å². The lowest BCUT2D eigenvalue weighted by molar-refractivity contribution is -0.132. The van der Waals surface area contributed by atoms with Gasteiger partial charge in [-0.05, 0) is 65.7 Å². The second-order valence-electron chi connectivity index (χ2n) is 13.6. The van der Waals surface area contributed by atoms with E-state index in [0.29, 0.717) is 43.6 Å². The Morgan fingerprint density at radius 3 is 2.65 bits per heavy atom. The number of amides is 2. The molecule has 244 valence electrons. The van der Waals surface area contributed by atoms with Crippen LogP contribution in [0.1, 0.15) is 76.5 Å². The zero-order chi connectivity index (χ0) is 33.1. The van der Waals surface area contributed by atoms with Crippen LogP contribution in [0.3, 0.4) is 0 Å². The molecule has 0 N–H and O–H groups in total. The average Bonchev–Trinajstić information content (AvgIpc) is 3.64. The fraction of sp³-hybridized carbons (Fsp3) is 0.471. The van der Waals surface area contributed by atoms with Crippen LogP contribution in [0.4, 0.5) is 9.18 Å². The van der Waals surface area contributed by atoms with Crippen molar-refractivity contribution in [2.45, 2.75) is 90.8 Å². The number of hydrogen-bond acceptors (Lipinski definition) is 6. The number of carbonyl (C=O) groups excluding carboxylic acids is 2. The average molecular weight is 651 g/mol. The summed E-state index contributed by atoms with van der Waals surface area (Å²) in [4.78, 5) is 30.2. The Bertz CT molecular complexity index is 1830. The van der Waals surface area contributed by atoms with Crippen molar-refractivity contribution in [1.82, 2.24) is 29.4 Å². The van der Waals surface area contributed by atoms with Crippen molar-refractivity contribution < 1.29 is 23.5 Å². The number of rotatable bonds is 5. The topological polar surface area (TPSA) is 94.7 Å². The summed E-state index contributed by atoms with van der Waals surface area (Å²) in [5.74, 6) is -0.406. The first-order chi connectivity index (χ1) is 21.7. The van der Waals surface area contributed by atoms with E-state index in [9.17, 15) is 14.0 Å². The number of fused-ring (bicyclic) bond motifs is 3. The van der Waals surface area contributed by atoms with E-state index >= 15 is 0 Å². The number of carbonyl (C=O) groups is 2. The van der Waals surface area contributed by atoms with Crippen LogP contribution in [0.15, 0.2) is 42.6 Å². The molecule has 2 amide bonds. The second kappa shape index (κ2) is 11.7. The molecule has 0 radical (unpaired) electrons. The number of ether oxygens (including phenoxy) is 2. The van der Waals surface area contributed by atoms with Gasteiger partial charge in [0.1, 0.15) is 23.1 Å². The number of aromatic nitrogens is 4. The zero-order valence-corrected chi connectivity index (χ0v) is 28.1. The fourth-order valence-corrected chi connectivity index (χ4v) is 6.99. The van der Waals surface area contributed by atoms with Crippen LogP contribution in [0, 0.1) is 5.82 Å². The van der Waals surface area contributed by atoms with Gasteiger partial charge in [-0.1, -0.05) is 41.1 Å². The molecule has 6 rings (SSSR count). The van der Waals surface area contributed by atoms with Crippen molar-refractivity contribution in [3.63, 3.8) is 0 Å². The van der Waals surface area contributed by atoms with E-state index < -0.39 is 29.3 Å². The third-order valence-corrected chi connectivity index (χ3v) is 9.12. The molecule has 4 heterocycles. The molecule has 2 aliphatic rings. The zero-order valence-electron chi connectivity index (χ0n) is 27.3. The predicted octanol–water partition coefficient (Wildman–Crippen LogP) is 6.50. The Morgan fingerprint density at radius 1 is 1.17 bits per heavy atom. The van der Waals surface area contributed by atoms with Gasteiger partial charge < -0.3 is 18.9 Å². The SMILES string of the molecule is C[C@H]1OC(C)(C)N(C(=O)OC(C)(C)C)[C@@H]1c1cn(-c2ccccc2CCC(=O)N2CCc3c(c4ccc(Cl)c(F)c4n3C)C2)nn1. The third-order valence-electron chi connectivity index (χ3n) is 8.83. The van der Waals surface area contributed by atoms with Gasteiger partial charge in [-0.15, -0.1) is 5.10 Å². The molecule has 0 spiro atoms. The van der Waals surface area contributed by atoms with Crippen LogP contribution in [-0.4, -0.2) is 65.3 Å². The number of benzene rings is 2. The number of hydrogen-bond donors (Lipinski definition) is 0. The lowest BCUT2D eigenvalue weighted by Gasteiger charge is -2.34. The number of halogens is 2. The minimum atomic E-state index is -0.906. The molecule has 2 aromatic carbocycles. The number of nitrogens with zero attached hydrogens (tertiary/aromatic N) is 6. The molecule has 1 saturated heterocycles. The summed E-state index contributed by atoms with van der Waals surface area (Å²) in [6.07, 6.45) is 2.41. The first kappa shape index (κ1) is 32.0. The first-order valence-electron chi connectivity index (χ1n) is 15.6. The van der Waals surface area contributed by atoms with Gasteiger partial charge in [0.2, 0.25) is 5.91 Å². The van der Waals surface area contributed by atoms with Crippen molar-refractivity contribution in [2.24, 2.45) is 7.05 Å². The number of aryl methyl sites for hydroxylation is 2. The first-order valence-corrected chi connectivity index (χ1v) is 16.0. The van der Waals surface area contributed by atoms with Gasteiger partial charge in [0.25, 0.3) is 0 Å². The van der Waals surface area contributed by atoms with Crippen molar-refractivity contribution in [3.05, 3.63) is 75.9 Å². The van der Waals surface area contributed by atoms with E-state index in [-0.39, 0.29) is 17.0 Å². The predicted molar refractivity (Wildman–Crippen MR) is 172 cm³/mol. The normalized spacial score (nSPS) is 19.5. The highest BCUT2D eigenvalue weighted by Gasteiger charge is 2.51. The lowest BCUT2D eigenvalue weighted by Crippen LogP contribution is -2.47. The minimum Gasteiger partial charge on any atom is -0.444 e. The Morgan fingerprint density at radius 2 is 1.91 bits per heavy atom. The summed E-state index contributed by atoms with van der Waals surface area (Å²) >= 11 is 6.06. The van der Waals surface area contributed by atoms with Gasteiger partial charge in [0.15, 0.2) is 5.82 Å². The summed E-state index contributed by atoms with van der Waals surface area (Å²) in [5, 5.41) is 9.77. The van der Waals surface area contributed by atoms with E-state index in [2.05, 4.69) is 10.3 Å². The van der Waals surface area contributed by atoms with Crippen LogP contribution in [-0.2, 0) is 40.7 Å². The molecule has 4 aromatic rings. The molecule has 0 aliphatic carbocycles. The number of para-hydroxylation sites is 1. The third kappa shape index (κ3) is 5.75. The minimum absolute atomic E-state index is 0.0262. The molecule has 0 unspecified atom stereocenters. The van der Waals surface area contributed by atoms with E-state index in [1.165, 1.54) is 0 Å². The summed E-state index contributed by atoms with van der Waals surface area (Å²) in [5.41, 5.74) is 3.21. The maximum Gasteiger partial charge on any atom is 0.413 e. The summed E-state index contributed by atoms with van der Waals surface area (Å²) in [6.45, 7) is 12.0. The molecule has 10 nitrogen and oxygen atoms in total. The summed E-state index contributed by atoms with van der Waals surface area (Å²) in [6, 6.07) is 10.7. The van der Waals surface area contributed by atoms with Gasteiger partial charge in [-0.25, -0.2) is 13.9 Å². The van der Waals surface area contributed by atoms with Crippen LogP contribution >= 0.6 is 11.6 Å². The molecule has 2 atom stereocenters. The molecule has 12 heteroatoms. The highest BCUT2D eigenvalue weighted by molar-refractivity contribution is 6.31. The lowest BCUT2D eigenvalue weighted by atomic mass is 10.0. The molecular weight excluding hydrogens is 611 g/mol. The van der Waals surface area contributed by atoms with Crippen LogP contribution < -0.4 is 0 Å².